The second-order valence-electron chi connectivity index (χ2n) is 6.19. The molecule has 2 heterocycles. The number of nitrogens with two attached hydrogens (primary N) is 1. The largest absolute Gasteiger partial charge is 0.368 e. The normalized spacial score (nSPS) is 17.2. The van der Waals surface area contributed by atoms with Crippen LogP contribution in [-0.2, 0) is 11.3 Å². The molecular weight excluding hydrogens is 375 g/mol. The van der Waals surface area contributed by atoms with Gasteiger partial charge in [-0.05, 0) is 49.2 Å². The highest BCUT2D eigenvalue weighted by molar-refractivity contribution is 6.33. The second kappa shape index (κ2) is 8.03. The highest BCUT2D eigenvalue weighted by Crippen LogP contribution is 2.22. The number of hydrogen-bond donors (Lipinski definition) is 2. The van der Waals surface area contributed by atoms with E-state index in [-0.39, 0.29) is 28.2 Å². The van der Waals surface area contributed by atoms with Gasteiger partial charge in [-0.2, -0.15) is 0 Å². The van der Waals surface area contributed by atoms with Gasteiger partial charge in [0, 0.05) is 17.8 Å². The van der Waals surface area contributed by atoms with E-state index in [1.54, 1.807) is 6.07 Å². The van der Waals surface area contributed by atoms with Crippen LogP contribution >= 0.6 is 23.2 Å². The molecule has 0 aliphatic carbocycles. The van der Waals surface area contributed by atoms with Crippen molar-refractivity contribution in [2.45, 2.75) is 25.4 Å². The number of likely N-dealkylation sites (tertiary alicyclic amines) is 1. The Morgan fingerprint density at radius 2 is 1.96 bits per heavy atom. The van der Waals surface area contributed by atoms with E-state index in [1.165, 1.54) is 12.1 Å². The molecule has 1 unspecified atom stereocenters. The summed E-state index contributed by atoms with van der Waals surface area (Å²) in [5, 5.41) is 3.13. The minimum Gasteiger partial charge on any atom is -0.368 e. The number of primary amides is 1. The molecule has 1 aliphatic heterocycles. The van der Waals surface area contributed by atoms with E-state index in [1.807, 2.05) is 18.2 Å². The quantitative estimate of drug-likeness (QED) is 0.765. The number of rotatable bonds is 5. The summed E-state index contributed by atoms with van der Waals surface area (Å²) < 4.78 is 0. The molecule has 1 aromatic carbocycles. The Morgan fingerprint density at radius 3 is 2.65 bits per heavy atom. The van der Waals surface area contributed by atoms with Crippen LogP contribution in [0.25, 0.3) is 0 Å². The number of anilines is 1. The fourth-order valence-electron chi connectivity index (χ4n) is 3.12. The fourth-order valence-corrected chi connectivity index (χ4v) is 3.58. The molecule has 3 N–H and O–H groups in total. The summed E-state index contributed by atoms with van der Waals surface area (Å²) in [6, 6.07) is 10.1. The van der Waals surface area contributed by atoms with Crippen LogP contribution < -0.4 is 11.1 Å². The number of halogens is 2. The van der Waals surface area contributed by atoms with Crippen LogP contribution in [0.15, 0.2) is 36.4 Å². The molecule has 0 radical (unpaired) electrons. The fraction of sp³-hybridized carbons (Fsp3) is 0.278. The van der Waals surface area contributed by atoms with Crippen molar-refractivity contribution < 1.29 is 9.59 Å². The smallest absolute Gasteiger partial charge is 0.255 e. The Balaban J connectivity index is 1.71. The summed E-state index contributed by atoms with van der Waals surface area (Å²) >= 11 is 11.7. The lowest BCUT2D eigenvalue weighted by molar-refractivity contribution is -0.122. The molecule has 2 aromatic rings. The predicted octanol–water partition coefficient (Wildman–Crippen LogP) is 3.09. The summed E-state index contributed by atoms with van der Waals surface area (Å²) in [6.07, 6.45) is 1.74. The van der Waals surface area contributed by atoms with Gasteiger partial charge in [0.15, 0.2) is 0 Å². The molecule has 3 rings (SSSR count). The molecule has 0 bridgehead atoms. The molecule has 0 spiro atoms. The first-order valence-electron chi connectivity index (χ1n) is 8.19. The average Bonchev–Trinajstić information content (AvgIpc) is 3.02. The minimum atomic E-state index is -0.329. The monoisotopic (exact) mass is 392 g/mol. The molecule has 1 fully saturated rings. The van der Waals surface area contributed by atoms with Crippen molar-refractivity contribution in [2.75, 3.05) is 11.9 Å². The van der Waals surface area contributed by atoms with Crippen molar-refractivity contribution in [3.8, 4) is 0 Å². The van der Waals surface area contributed by atoms with E-state index in [4.69, 9.17) is 28.9 Å². The van der Waals surface area contributed by atoms with Crippen molar-refractivity contribution in [2.24, 2.45) is 5.73 Å². The van der Waals surface area contributed by atoms with Gasteiger partial charge in [0.25, 0.3) is 5.91 Å². The molecule has 1 saturated heterocycles. The number of benzene rings is 1. The summed E-state index contributed by atoms with van der Waals surface area (Å²) in [6.45, 7) is 1.43. The maximum atomic E-state index is 12.4. The van der Waals surface area contributed by atoms with Gasteiger partial charge in [0.1, 0.15) is 10.3 Å². The molecule has 0 saturated carbocycles. The molecule has 2 amide bonds. The summed E-state index contributed by atoms with van der Waals surface area (Å²) in [5.41, 5.74) is 7.42. The lowest BCUT2D eigenvalue weighted by atomic mass is 10.1. The standard InChI is InChI=1S/C18H18Cl2N4O2/c19-15-8-12(9-16(20)23-15)18(26)22-13-4-1-3-11(7-13)10-24-6-2-5-14(24)17(21)25/h1,3-4,7-9,14H,2,5-6,10H2,(H2,21,25)(H,22,26). The Morgan fingerprint density at radius 1 is 1.23 bits per heavy atom. The van der Waals surface area contributed by atoms with E-state index in [0.717, 1.165) is 24.9 Å². The Bertz CT molecular complexity index is 823. The zero-order valence-corrected chi connectivity index (χ0v) is 15.4. The second-order valence-corrected chi connectivity index (χ2v) is 6.96. The van der Waals surface area contributed by atoms with E-state index >= 15 is 0 Å². The summed E-state index contributed by atoms with van der Waals surface area (Å²) in [7, 11) is 0. The van der Waals surface area contributed by atoms with Crippen LogP contribution in [0, 0.1) is 0 Å². The van der Waals surface area contributed by atoms with Crippen LogP contribution in [0.3, 0.4) is 0 Å². The van der Waals surface area contributed by atoms with Crippen molar-refractivity contribution >= 4 is 40.7 Å². The number of aromatic nitrogens is 1. The van der Waals surface area contributed by atoms with Crippen molar-refractivity contribution in [3.63, 3.8) is 0 Å². The maximum Gasteiger partial charge on any atom is 0.255 e. The van der Waals surface area contributed by atoms with Gasteiger partial charge in [-0.3, -0.25) is 14.5 Å². The van der Waals surface area contributed by atoms with Gasteiger partial charge in [-0.15, -0.1) is 0 Å². The number of amides is 2. The SMILES string of the molecule is NC(=O)C1CCCN1Cc1cccc(NC(=O)c2cc(Cl)nc(Cl)c2)c1. The zero-order valence-electron chi connectivity index (χ0n) is 13.9. The molecule has 6 nitrogen and oxygen atoms in total. The van der Waals surface area contributed by atoms with E-state index in [2.05, 4.69) is 15.2 Å². The molecule has 1 aliphatic rings. The van der Waals surface area contributed by atoms with Crippen LogP contribution in [0.1, 0.15) is 28.8 Å². The van der Waals surface area contributed by atoms with Crippen LogP contribution in [-0.4, -0.2) is 34.3 Å². The average molecular weight is 393 g/mol. The van der Waals surface area contributed by atoms with E-state index in [0.29, 0.717) is 17.8 Å². The van der Waals surface area contributed by atoms with Gasteiger partial charge in [-0.1, -0.05) is 35.3 Å². The highest BCUT2D eigenvalue weighted by atomic mass is 35.5. The minimum absolute atomic E-state index is 0.155. The number of carbonyl (C=O) groups is 2. The van der Waals surface area contributed by atoms with E-state index < -0.39 is 0 Å². The maximum absolute atomic E-state index is 12.4. The van der Waals surface area contributed by atoms with Crippen molar-refractivity contribution in [1.82, 2.24) is 9.88 Å². The van der Waals surface area contributed by atoms with Gasteiger partial charge in [-0.25, -0.2) is 4.98 Å². The summed E-state index contributed by atoms with van der Waals surface area (Å²) in [4.78, 5) is 29.8. The van der Waals surface area contributed by atoms with E-state index in [9.17, 15) is 9.59 Å². The third-order valence-electron chi connectivity index (χ3n) is 4.29. The Labute approximate surface area is 161 Å². The van der Waals surface area contributed by atoms with Crippen LogP contribution in [0.5, 0.6) is 0 Å². The first-order valence-corrected chi connectivity index (χ1v) is 8.95. The van der Waals surface area contributed by atoms with Gasteiger partial charge in [0.2, 0.25) is 5.91 Å². The lowest BCUT2D eigenvalue weighted by Crippen LogP contribution is -2.39. The number of pyridine rings is 1. The predicted molar refractivity (Wildman–Crippen MR) is 101 cm³/mol. The third-order valence-corrected chi connectivity index (χ3v) is 4.67. The van der Waals surface area contributed by atoms with Crippen LogP contribution in [0.2, 0.25) is 10.3 Å². The number of nitrogens with zero attached hydrogens (tertiary/aromatic N) is 2. The van der Waals surface area contributed by atoms with Crippen molar-refractivity contribution in [3.05, 3.63) is 57.8 Å². The first kappa shape index (κ1) is 18.6. The molecule has 26 heavy (non-hydrogen) atoms. The zero-order chi connectivity index (χ0) is 18.7. The Kier molecular flexibility index (Phi) is 5.76. The molecule has 136 valence electrons. The number of nitrogens with one attached hydrogen (secondary N) is 1. The van der Waals surface area contributed by atoms with Gasteiger partial charge < -0.3 is 11.1 Å². The summed E-state index contributed by atoms with van der Waals surface area (Å²) in [5.74, 6) is -0.622. The number of hydrogen-bond acceptors (Lipinski definition) is 4. The molecule has 8 heteroatoms. The van der Waals surface area contributed by atoms with Crippen LogP contribution in [0.4, 0.5) is 5.69 Å². The first-order chi connectivity index (χ1) is 12.4. The lowest BCUT2D eigenvalue weighted by Gasteiger charge is -2.22. The highest BCUT2D eigenvalue weighted by Gasteiger charge is 2.28. The molecule has 1 aromatic heterocycles. The van der Waals surface area contributed by atoms with Gasteiger partial charge in [0.05, 0.1) is 6.04 Å². The topological polar surface area (TPSA) is 88.3 Å². The number of carbonyl (C=O) groups excluding carboxylic acids is 2. The molecule has 1 atom stereocenters. The van der Waals surface area contributed by atoms with Gasteiger partial charge >= 0.3 is 0 Å². The molecular formula is C18H18Cl2N4O2. The Hall–Kier alpha value is -2.15. The third kappa shape index (κ3) is 4.52. The van der Waals surface area contributed by atoms with Crippen molar-refractivity contribution in [1.29, 1.82) is 0 Å².